The van der Waals surface area contributed by atoms with Crippen LogP contribution in [0.4, 0.5) is 0 Å². The highest BCUT2D eigenvalue weighted by Crippen LogP contribution is 2.38. The summed E-state index contributed by atoms with van der Waals surface area (Å²) in [5, 5.41) is 2.17. The van der Waals surface area contributed by atoms with Gasteiger partial charge in [-0.25, -0.2) is 0 Å². The van der Waals surface area contributed by atoms with E-state index in [-0.39, 0.29) is 6.04 Å². The Morgan fingerprint density at radius 2 is 2.06 bits per heavy atom. The Kier molecular flexibility index (Phi) is 4.04. The molecule has 1 fully saturated rings. The Labute approximate surface area is 103 Å². The number of hydrogen-bond donors (Lipinski definition) is 1. The minimum Gasteiger partial charge on any atom is -0.324 e. The summed E-state index contributed by atoms with van der Waals surface area (Å²) in [6.45, 7) is 4.51. The molecule has 16 heavy (non-hydrogen) atoms. The molecule has 0 spiro atoms. The van der Waals surface area contributed by atoms with Crippen molar-refractivity contribution in [3.8, 4) is 0 Å². The summed E-state index contributed by atoms with van der Waals surface area (Å²) >= 11 is 1.82. The molecule has 1 saturated carbocycles. The second-order valence-corrected chi connectivity index (χ2v) is 6.27. The van der Waals surface area contributed by atoms with Gasteiger partial charge < -0.3 is 5.73 Å². The van der Waals surface area contributed by atoms with Crippen LogP contribution in [0.25, 0.3) is 0 Å². The highest BCUT2D eigenvalue weighted by atomic mass is 32.1. The molecular formula is C14H23NS. The molecule has 1 unspecified atom stereocenters. The lowest BCUT2D eigenvalue weighted by molar-refractivity contribution is 0.240. The summed E-state index contributed by atoms with van der Waals surface area (Å²) in [6.07, 6.45) is 6.78. The van der Waals surface area contributed by atoms with Gasteiger partial charge in [0.1, 0.15) is 0 Å². The predicted octanol–water partition coefficient (Wildman–Crippen LogP) is 4.27. The quantitative estimate of drug-likeness (QED) is 0.834. The van der Waals surface area contributed by atoms with Crippen LogP contribution in [0.3, 0.4) is 0 Å². The third kappa shape index (κ3) is 2.49. The first-order chi connectivity index (χ1) is 7.72. The second kappa shape index (κ2) is 5.33. The zero-order valence-corrected chi connectivity index (χ0v) is 11.2. The number of aryl methyl sites for hydroxylation is 1. The number of thiophene rings is 1. The van der Waals surface area contributed by atoms with Crippen molar-refractivity contribution in [2.45, 2.75) is 52.0 Å². The fourth-order valence-electron chi connectivity index (χ4n) is 2.95. The fraction of sp³-hybridized carbons (Fsp3) is 0.714. The first-order valence-corrected chi connectivity index (χ1v) is 7.40. The van der Waals surface area contributed by atoms with Crippen LogP contribution >= 0.6 is 11.3 Å². The largest absolute Gasteiger partial charge is 0.324 e. The van der Waals surface area contributed by atoms with Crippen LogP contribution in [0.1, 0.15) is 55.5 Å². The Hall–Kier alpha value is -0.340. The molecule has 1 atom stereocenters. The van der Waals surface area contributed by atoms with Gasteiger partial charge in [-0.1, -0.05) is 26.2 Å². The van der Waals surface area contributed by atoms with Crippen molar-refractivity contribution in [2.75, 3.05) is 0 Å². The van der Waals surface area contributed by atoms with Crippen LogP contribution in [0, 0.1) is 18.8 Å². The molecule has 0 aliphatic heterocycles. The standard InChI is InChI=1S/C14H23NS/c1-3-11-4-6-12(7-5-11)14(15)13-8-9-16-10(13)2/h8-9,11-12,14H,3-7,15H2,1-2H3. The lowest BCUT2D eigenvalue weighted by atomic mass is 9.76. The van der Waals surface area contributed by atoms with Gasteiger partial charge in [0.25, 0.3) is 0 Å². The highest BCUT2D eigenvalue weighted by molar-refractivity contribution is 7.10. The molecule has 1 aliphatic carbocycles. The van der Waals surface area contributed by atoms with Gasteiger partial charge in [-0.15, -0.1) is 11.3 Å². The molecule has 0 radical (unpaired) electrons. The van der Waals surface area contributed by atoms with E-state index in [0.29, 0.717) is 0 Å². The summed E-state index contributed by atoms with van der Waals surface area (Å²) in [5.41, 5.74) is 7.80. The normalized spacial score (nSPS) is 27.9. The first-order valence-electron chi connectivity index (χ1n) is 6.52. The van der Waals surface area contributed by atoms with Gasteiger partial charge in [0, 0.05) is 10.9 Å². The number of nitrogens with two attached hydrogens (primary N) is 1. The van der Waals surface area contributed by atoms with Crippen molar-refractivity contribution in [3.63, 3.8) is 0 Å². The van der Waals surface area contributed by atoms with E-state index in [9.17, 15) is 0 Å². The van der Waals surface area contributed by atoms with Gasteiger partial charge >= 0.3 is 0 Å². The Morgan fingerprint density at radius 3 is 2.56 bits per heavy atom. The van der Waals surface area contributed by atoms with E-state index in [1.807, 2.05) is 11.3 Å². The Bertz CT molecular complexity index is 323. The molecule has 2 N–H and O–H groups in total. The molecule has 1 heterocycles. The van der Waals surface area contributed by atoms with Crippen LogP contribution in [0.2, 0.25) is 0 Å². The van der Waals surface area contributed by atoms with E-state index in [1.54, 1.807) is 0 Å². The summed E-state index contributed by atoms with van der Waals surface area (Å²) in [7, 11) is 0. The number of hydrogen-bond acceptors (Lipinski definition) is 2. The number of rotatable bonds is 3. The zero-order valence-electron chi connectivity index (χ0n) is 10.4. The van der Waals surface area contributed by atoms with E-state index in [2.05, 4.69) is 25.3 Å². The van der Waals surface area contributed by atoms with Gasteiger partial charge in [0.15, 0.2) is 0 Å². The molecule has 0 aromatic carbocycles. The van der Waals surface area contributed by atoms with Gasteiger partial charge in [0.2, 0.25) is 0 Å². The average molecular weight is 237 g/mol. The molecule has 90 valence electrons. The van der Waals surface area contributed by atoms with E-state index in [0.717, 1.165) is 11.8 Å². The summed E-state index contributed by atoms with van der Waals surface area (Å²) < 4.78 is 0. The summed E-state index contributed by atoms with van der Waals surface area (Å²) in [6, 6.07) is 2.50. The molecule has 1 nitrogen and oxygen atoms in total. The van der Waals surface area contributed by atoms with Gasteiger partial charge in [-0.05, 0) is 48.6 Å². The fourth-order valence-corrected chi connectivity index (χ4v) is 3.71. The van der Waals surface area contributed by atoms with E-state index in [1.165, 1.54) is 42.5 Å². The summed E-state index contributed by atoms with van der Waals surface area (Å²) in [4.78, 5) is 1.41. The lowest BCUT2D eigenvalue weighted by Crippen LogP contribution is -2.26. The first kappa shape index (κ1) is 12.1. The van der Waals surface area contributed by atoms with Crippen molar-refractivity contribution >= 4 is 11.3 Å². The molecule has 2 heteroatoms. The van der Waals surface area contributed by atoms with Gasteiger partial charge in [-0.3, -0.25) is 0 Å². The minimum absolute atomic E-state index is 0.282. The molecule has 1 aromatic heterocycles. The monoisotopic (exact) mass is 237 g/mol. The van der Waals surface area contributed by atoms with Crippen molar-refractivity contribution in [2.24, 2.45) is 17.6 Å². The van der Waals surface area contributed by atoms with Crippen molar-refractivity contribution in [1.82, 2.24) is 0 Å². The molecule has 0 saturated heterocycles. The van der Waals surface area contributed by atoms with Crippen LogP contribution in [-0.4, -0.2) is 0 Å². The highest BCUT2D eigenvalue weighted by Gasteiger charge is 2.26. The molecule has 1 aromatic rings. The smallest absolute Gasteiger partial charge is 0.0334 e. The van der Waals surface area contributed by atoms with Crippen LogP contribution in [0.15, 0.2) is 11.4 Å². The van der Waals surface area contributed by atoms with Crippen molar-refractivity contribution in [1.29, 1.82) is 0 Å². The molecule has 2 rings (SSSR count). The van der Waals surface area contributed by atoms with Gasteiger partial charge in [-0.2, -0.15) is 0 Å². The minimum atomic E-state index is 0.282. The Morgan fingerprint density at radius 1 is 1.38 bits per heavy atom. The molecule has 0 bridgehead atoms. The van der Waals surface area contributed by atoms with Crippen LogP contribution in [-0.2, 0) is 0 Å². The zero-order chi connectivity index (χ0) is 11.5. The maximum Gasteiger partial charge on any atom is 0.0334 e. The third-order valence-corrected chi connectivity index (χ3v) is 5.10. The maximum atomic E-state index is 6.41. The predicted molar refractivity (Wildman–Crippen MR) is 71.7 cm³/mol. The second-order valence-electron chi connectivity index (χ2n) is 5.15. The molecule has 1 aliphatic rings. The maximum absolute atomic E-state index is 6.41. The molecular weight excluding hydrogens is 214 g/mol. The van der Waals surface area contributed by atoms with E-state index < -0.39 is 0 Å². The average Bonchev–Trinajstić information content (AvgIpc) is 2.75. The SMILES string of the molecule is CCC1CCC(C(N)c2ccsc2C)CC1. The van der Waals surface area contributed by atoms with Crippen LogP contribution in [0.5, 0.6) is 0 Å². The van der Waals surface area contributed by atoms with E-state index >= 15 is 0 Å². The third-order valence-electron chi connectivity index (χ3n) is 4.23. The molecule has 0 amide bonds. The van der Waals surface area contributed by atoms with Crippen LogP contribution < -0.4 is 5.73 Å². The van der Waals surface area contributed by atoms with Crippen molar-refractivity contribution < 1.29 is 0 Å². The Balaban J connectivity index is 1.97. The van der Waals surface area contributed by atoms with Gasteiger partial charge in [0.05, 0.1) is 0 Å². The van der Waals surface area contributed by atoms with E-state index in [4.69, 9.17) is 5.73 Å². The van der Waals surface area contributed by atoms with Crippen molar-refractivity contribution in [3.05, 3.63) is 21.9 Å². The summed E-state index contributed by atoms with van der Waals surface area (Å²) in [5.74, 6) is 1.68. The topological polar surface area (TPSA) is 26.0 Å². The lowest BCUT2D eigenvalue weighted by Gasteiger charge is -2.31.